The van der Waals surface area contributed by atoms with Crippen LogP contribution in [0.3, 0.4) is 0 Å². The monoisotopic (exact) mass is 485 g/mol. The summed E-state index contributed by atoms with van der Waals surface area (Å²) in [5, 5.41) is 12.8. The predicted molar refractivity (Wildman–Crippen MR) is 138 cm³/mol. The van der Waals surface area contributed by atoms with E-state index in [0.717, 1.165) is 20.1 Å². The van der Waals surface area contributed by atoms with Crippen molar-refractivity contribution in [3.05, 3.63) is 84.4 Å². The van der Waals surface area contributed by atoms with E-state index in [4.69, 9.17) is 0 Å². The third kappa shape index (κ3) is 4.50. The molecule has 1 amide bonds. The highest BCUT2D eigenvalue weighted by Gasteiger charge is 2.17. The van der Waals surface area contributed by atoms with Crippen LogP contribution >= 0.6 is 23.1 Å². The van der Waals surface area contributed by atoms with Gasteiger partial charge in [-0.2, -0.15) is 0 Å². The van der Waals surface area contributed by atoms with E-state index in [1.54, 1.807) is 47.7 Å². The number of anilines is 1. The first kappa shape index (κ1) is 22.1. The molecule has 2 aromatic heterocycles. The van der Waals surface area contributed by atoms with E-state index in [1.807, 2.05) is 49.4 Å². The second-order valence-corrected chi connectivity index (χ2v) is 10.3. The summed E-state index contributed by atoms with van der Waals surface area (Å²) in [6.07, 6.45) is 0. The molecule has 0 spiro atoms. The molecule has 0 bridgehead atoms. The van der Waals surface area contributed by atoms with Gasteiger partial charge in [-0.1, -0.05) is 54.2 Å². The van der Waals surface area contributed by atoms with Gasteiger partial charge in [-0.05, 0) is 43.3 Å². The van der Waals surface area contributed by atoms with Crippen molar-refractivity contribution in [2.45, 2.75) is 16.5 Å². The van der Waals surface area contributed by atoms with E-state index in [9.17, 15) is 14.7 Å². The Hall–Kier alpha value is -3.75. The second-order valence-electron chi connectivity index (χ2n) is 7.65. The summed E-state index contributed by atoms with van der Waals surface area (Å²) in [6.45, 7) is 1.85. The average Bonchev–Trinajstić information content (AvgIpc) is 3.26. The number of carbonyl (C=O) groups is 2. The molecule has 0 aliphatic rings. The van der Waals surface area contributed by atoms with Crippen LogP contribution in [-0.4, -0.2) is 32.2 Å². The molecule has 1 atom stereocenters. The number of aromatic carboxylic acids is 1. The molecule has 3 aromatic carbocycles. The van der Waals surface area contributed by atoms with Crippen molar-refractivity contribution >= 4 is 61.8 Å². The molecule has 0 aliphatic carbocycles. The highest BCUT2D eigenvalue weighted by molar-refractivity contribution is 8.02. The molecule has 5 rings (SSSR count). The molecule has 2 N–H and O–H groups in total. The number of nitrogens with one attached hydrogen (secondary N) is 1. The van der Waals surface area contributed by atoms with E-state index in [2.05, 4.69) is 15.3 Å². The molecule has 34 heavy (non-hydrogen) atoms. The Bertz CT molecular complexity index is 1500. The van der Waals surface area contributed by atoms with Crippen LogP contribution in [0.2, 0.25) is 0 Å². The van der Waals surface area contributed by atoms with Crippen LogP contribution in [0.25, 0.3) is 32.4 Å². The molecular weight excluding hydrogens is 466 g/mol. The maximum Gasteiger partial charge on any atom is 0.336 e. The highest BCUT2D eigenvalue weighted by Crippen LogP contribution is 2.32. The number of aromatic nitrogens is 2. The van der Waals surface area contributed by atoms with Crippen molar-refractivity contribution in [2.75, 3.05) is 5.32 Å². The maximum absolute atomic E-state index is 12.7. The second kappa shape index (κ2) is 9.24. The zero-order valence-corrected chi connectivity index (χ0v) is 19.7. The number of carboxylic acids is 1. The van der Waals surface area contributed by atoms with Crippen LogP contribution in [0, 0.1) is 0 Å². The molecule has 0 fully saturated rings. The summed E-state index contributed by atoms with van der Waals surface area (Å²) in [7, 11) is 0. The van der Waals surface area contributed by atoms with E-state index >= 15 is 0 Å². The normalized spacial score (nSPS) is 12.0. The Morgan fingerprint density at radius 3 is 2.38 bits per heavy atom. The molecule has 5 aromatic rings. The van der Waals surface area contributed by atoms with Gasteiger partial charge in [0.2, 0.25) is 5.91 Å². The van der Waals surface area contributed by atoms with Gasteiger partial charge in [0.05, 0.1) is 32.2 Å². The van der Waals surface area contributed by atoms with E-state index in [1.165, 1.54) is 11.8 Å². The highest BCUT2D eigenvalue weighted by atomic mass is 32.2. The van der Waals surface area contributed by atoms with Crippen LogP contribution in [0.4, 0.5) is 5.69 Å². The summed E-state index contributed by atoms with van der Waals surface area (Å²) < 4.78 is 1.96. The number of carboxylic acid groups (broad SMARTS) is 1. The predicted octanol–water partition coefficient (Wildman–Crippen LogP) is 6.33. The number of thioether (sulfide) groups is 1. The van der Waals surface area contributed by atoms with Gasteiger partial charge < -0.3 is 10.4 Å². The molecule has 0 saturated carbocycles. The van der Waals surface area contributed by atoms with Crippen molar-refractivity contribution < 1.29 is 14.7 Å². The topological polar surface area (TPSA) is 92.2 Å². The van der Waals surface area contributed by atoms with Crippen molar-refractivity contribution in [2.24, 2.45) is 0 Å². The number of hydrogen-bond donors (Lipinski definition) is 2. The third-order valence-corrected chi connectivity index (χ3v) is 7.55. The lowest BCUT2D eigenvalue weighted by Gasteiger charge is -2.11. The number of hydrogen-bond acceptors (Lipinski definition) is 6. The number of rotatable bonds is 6. The third-order valence-electron chi connectivity index (χ3n) is 5.32. The number of benzene rings is 3. The first-order valence-electron chi connectivity index (χ1n) is 10.5. The number of amides is 1. The fourth-order valence-electron chi connectivity index (χ4n) is 3.57. The fourth-order valence-corrected chi connectivity index (χ4v) is 5.79. The molecule has 168 valence electrons. The summed E-state index contributed by atoms with van der Waals surface area (Å²) in [6, 6.07) is 23.9. The van der Waals surface area contributed by atoms with Crippen molar-refractivity contribution in [3.63, 3.8) is 0 Å². The van der Waals surface area contributed by atoms with Crippen LogP contribution in [0.15, 0.2) is 83.2 Å². The standard InChI is InChI=1S/C26H19N3O3S2/c1-15(33-26-29-21-8-4-5-9-23(21)34-26)24(30)27-17-12-10-16(11-13-17)22-14-19(25(31)32)18-6-2-3-7-20(18)28-22/h2-15H,1H3,(H,27,30)(H,31,32). The van der Waals surface area contributed by atoms with Gasteiger partial charge in [-0.15, -0.1) is 11.3 Å². The van der Waals surface area contributed by atoms with E-state index in [0.29, 0.717) is 22.3 Å². The number of para-hydroxylation sites is 2. The van der Waals surface area contributed by atoms with E-state index < -0.39 is 5.97 Å². The number of nitrogens with zero attached hydrogens (tertiary/aromatic N) is 2. The van der Waals surface area contributed by atoms with Crippen LogP contribution in [-0.2, 0) is 4.79 Å². The first-order chi connectivity index (χ1) is 16.5. The van der Waals surface area contributed by atoms with Gasteiger partial charge in [0, 0.05) is 16.6 Å². The molecule has 0 saturated heterocycles. The number of fused-ring (bicyclic) bond motifs is 2. The van der Waals surface area contributed by atoms with Crippen molar-refractivity contribution in [1.29, 1.82) is 0 Å². The molecule has 1 unspecified atom stereocenters. The molecule has 6 nitrogen and oxygen atoms in total. The van der Waals surface area contributed by atoms with E-state index in [-0.39, 0.29) is 16.7 Å². The molecule has 0 radical (unpaired) electrons. The minimum absolute atomic E-state index is 0.117. The summed E-state index contributed by atoms with van der Waals surface area (Å²) in [5.41, 5.74) is 3.75. The zero-order chi connectivity index (χ0) is 23.7. The van der Waals surface area contributed by atoms with Crippen molar-refractivity contribution in [1.82, 2.24) is 9.97 Å². The lowest BCUT2D eigenvalue weighted by molar-refractivity contribution is -0.115. The van der Waals surface area contributed by atoms with Crippen LogP contribution in [0.1, 0.15) is 17.3 Å². The van der Waals surface area contributed by atoms with Crippen LogP contribution < -0.4 is 5.32 Å². The Morgan fingerprint density at radius 2 is 1.65 bits per heavy atom. The van der Waals surface area contributed by atoms with Gasteiger partial charge in [-0.3, -0.25) is 4.79 Å². The number of thiazole rings is 1. The lowest BCUT2D eigenvalue weighted by Crippen LogP contribution is -2.22. The van der Waals surface area contributed by atoms with Gasteiger partial charge >= 0.3 is 5.97 Å². The Morgan fingerprint density at radius 1 is 0.941 bits per heavy atom. The molecular formula is C26H19N3O3S2. The summed E-state index contributed by atoms with van der Waals surface area (Å²) in [4.78, 5) is 33.7. The van der Waals surface area contributed by atoms with Gasteiger partial charge in [0.15, 0.2) is 4.34 Å². The molecule has 8 heteroatoms. The Balaban J connectivity index is 1.31. The fraction of sp³-hybridized carbons (Fsp3) is 0.0769. The SMILES string of the molecule is CC(Sc1nc2ccccc2s1)C(=O)Nc1ccc(-c2cc(C(=O)O)c3ccccc3n2)cc1. The maximum atomic E-state index is 12.7. The smallest absolute Gasteiger partial charge is 0.336 e. The summed E-state index contributed by atoms with van der Waals surface area (Å²) in [5.74, 6) is -1.11. The minimum atomic E-state index is -0.997. The zero-order valence-electron chi connectivity index (χ0n) is 18.1. The van der Waals surface area contributed by atoms with Crippen molar-refractivity contribution in [3.8, 4) is 11.3 Å². The first-order valence-corrected chi connectivity index (χ1v) is 12.2. The lowest BCUT2D eigenvalue weighted by atomic mass is 10.0. The minimum Gasteiger partial charge on any atom is -0.478 e. The average molecular weight is 486 g/mol. The quantitative estimate of drug-likeness (QED) is 0.273. The summed E-state index contributed by atoms with van der Waals surface area (Å²) >= 11 is 3.01. The molecule has 2 heterocycles. The Kier molecular flexibility index (Phi) is 6.00. The van der Waals surface area contributed by atoms with Gasteiger partial charge in [0.25, 0.3) is 0 Å². The van der Waals surface area contributed by atoms with Crippen LogP contribution in [0.5, 0.6) is 0 Å². The number of pyridine rings is 1. The molecule has 0 aliphatic heterocycles. The Labute approximate surface area is 203 Å². The number of carbonyl (C=O) groups excluding carboxylic acids is 1. The van der Waals surface area contributed by atoms with Gasteiger partial charge in [-0.25, -0.2) is 14.8 Å². The largest absolute Gasteiger partial charge is 0.478 e. The van der Waals surface area contributed by atoms with Gasteiger partial charge in [0.1, 0.15) is 0 Å².